The molecule has 1 heterocycles. The number of benzene rings is 1. The predicted molar refractivity (Wildman–Crippen MR) is 89.1 cm³/mol. The fourth-order valence-corrected chi connectivity index (χ4v) is 4.30. The van der Waals surface area contributed by atoms with Crippen molar-refractivity contribution >= 4 is 35.0 Å². The van der Waals surface area contributed by atoms with Crippen LogP contribution in [-0.2, 0) is 14.4 Å². The van der Waals surface area contributed by atoms with Gasteiger partial charge in [-0.05, 0) is 48.9 Å². The van der Waals surface area contributed by atoms with Crippen LogP contribution in [0.5, 0.6) is 0 Å². The minimum atomic E-state index is -0.377. The van der Waals surface area contributed by atoms with Crippen molar-refractivity contribution in [2.24, 2.45) is 23.7 Å². The smallest absolute Gasteiger partial charge is 0.244 e. The number of nitrogens with zero attached hydrogens (tertiary/aromatic N) is 1. The number of carbonyl (C=O) groups excluding carboxylic acids is 3. The van der Waals surface area contributed by atoms with E-state index >= 15 is 0 Å². The fourth-order valence-electron chi connectivity index (χ4n) is 4.17. The molecule has 1 aromatic rings. The number of likely N-dealkylation sites (tertiary alicyclic amines) is 1. The summed E-state index contributed by atoms with van der Waals surface area (Å²) >= 11 is 5.81. The Labute approximate surface area is 144 Å². The fraction of sp³-hybridized carbons (Fsp3) is 0.389. The summed E-state index contributed by atoms with van der Waals surface area (Å²) in [5.74, 6) is -1.04. The van der Waals surface area contributed by atoms with E-state index in [0.717, 1.165) is 17.7 Å². The minimum absolute atomic E-state index is 0.140. The molecule has 4 atom stereocenters. The highest BCUT2D eigenvalue weighted by molar-refractivity contribution is 6.30. The summed E-state index contributed by atoms with van der Waals surface area (Å²) in [5, 5.41) is 3.27. The minimum Gasteiger partial charge on any atom is -0.325 e. The van der Waals surface area contributed by atoms with Crippen LogP contribution in [0.3, 0.4) is 0 Å². The van der Waals surface area contributed by atoms with Crippen molar-refractivity contribution in [1.82, 2.24) is 4.90 Å². The highest BCUT2D eigenvalue weighted by Gasteiger charge is 2.56. The molecule has 5 nitrogen and oxygen atoms in total. The van der Waals surface area contributed by atoms with Gasteiger partial charge in [0.15, 0.2) is 0 Å². The number of halogens is 1. The maximum atomic E-state index is 12.6. The van der Waals surface area contributed by atoms with Crippen LogP contribution in [0.15, 0.2) is 36.4 Å². The average Bonchev–Trinajstić information content (AvgIpc) is 2.85. The van der Waals surface area contributed by atoms with E-state index in [0.29, 0.717) is 10.7 Å². The van der Waals surface area contributed by atoms with Gasteiger partial charge in [-0.15, -0.1) is 0 Å². The van der Waals surface area contributed by atoms with E-state index in [1.165, 1.54) is 0 Å². The van der Waals surface area contributed by atoms with E-state index < -0.39 is 0 Å². The van der Waals surface area contributed by atoms with E-state index in [1.54, 1.807) is 24.3 Å². The monoisotopic (exact) mass is 344 g/mol. The van der Waals surface area contributed by atoms with Gasteiger partial charge in [0.05, 0.1) is 11.8 Å². The zero-order valence-electron chi connectivity index (χ0n) is 12.9. The largest absolute Gasteiger partial charge is 0.325 e. The summed E-state index contributed by atoms with van der Waals surface area (Å²) < 4.78 is 0. The summed E-state index contributed by atoms with van der Waals surface area (Å²) in [6.07, 6.45) is 6.04. The lowest BCUT2D eigenvalue weighted by Crippen LogP contribution is -2.38. The lowest BCUT2D eigenvalue weighted by atomic mass is 9.63. The van der Waals surface area contributed by atoms with Gasteiger partial charge >= 0.3 is 0 Å². The summed E-state index contributed by atoms with van der Waals surface area (Å²) in [7, 11) is 0. The summed E-state index contributed by atoms with van der Waals surface area (Å²) in [6, 6.07) is 6.69. The Morgan fingerprint density at radius 1 is 1.04 bits per heavy atom. The number of amides is 3. The van der Waals surface area contributed by atoms with Crippen molar-refractivity contribution in [3.05, 3.63) is 41.4 Å². The third-order valence-electron chi connectivity index (χ3n) is 5.28. The molecule has 2 fully saturated rings. The van der Waals surface area contributed by atoms with Crippen LogP contribution in [0.1, 0.15) is 12.8 Å². The second kappa shape index (κ2) is 5.74. The Hall–Kier alpha value is -2.14. The molecule has 124 valence electrons. The van der Waals surface area contributed by atoms with Gasteiger partial charge in [0, 0.05) is 10.7 Å². The molecule has 0 aromatic heterocycles. The van der Waals surface area contributed by atoms with Crippen molar-refractivity contribution in [2.75, 3.05) is 11.9 Å². The zero-order chi connectivity index (χ0) is 16.8. The molecular formula is C18H17ClN2O3. The Kier molecular flexibility index (Phi) is 3.68. The van der Waals surface area contributed by atoms with Crippen molar-refractivity contribution < 1.29 is 14.4 Å². The number of carbonyl (C=O) groups is 3. The number of imide groups is 1. The molecule has 1 saturated carbocycles. The first-order valence-electron chi connectivity index (χ1n) is 8.13. The van der Waals surface area contributed by atoms with Gasteiger partial charge in [-0.2, -0.15) is 0 Å². The standard InChI is InChI=1S/C18H17ClN2O3/c19-12-5-7-13(8-6-12)20-14(22)9-21-17(23)15-10-1-2-11(4-3-10)16(15)18(21)24/h1-2,5-8,10-11,15-16H,3-4,9H2,(H,20,22)/t10-,11-,15+,16+/m0/s1. The van der Waals surface area contributed by atoms with Crippen LogP contribution >= 0.6 is 11.6 Å². The van der Waals surface area contributed by atoms with Crippen LogP contribution in [-0.4, -0.2) is 29.2 Å². The van der Waals surface area contributed by atoms with Crippen molar-refractivity contribution in [3.63, 3.8) is 0 Å². The number of rotatable bonds is 3. The summed E-state index contributed by atoms with van der Waals surface area (Å²) in [5.41, 5.74) is 0.586. The summed E-state index contributed by atoms with van der Waals surface area (Å²) in [4.78, 5) is 38.7. The zero-order valence-corrected chi connectivity index (χ0v) is 13.7. The summed E-state index contributed by atoms with van der Waals surface area (Å²) in [6.45, 7) is -0.229. The second-order valence-corrected chi connectivity index (χ2v) is 7.10. The molecule has 0 radical (unpaired) electrons. The lowest BCUT2D eigenvalue weighted by Gasteiger charge is -2.38. The Morgan fingerprint density at radius 2 is 1.58 bits per heavy atom. The third-order valence-corrected chi connectivity index (χ3v) is 5.53. The molecule has 6 heteroatoms. The Balaban J connectivity index is 1.47. The molecule has 1 aromatic carbocycles. The van der Waals surface area contributed by atoms with Crippen LogP contribution in [0.4, 0.5) is 5.69 Å². The molecular weight excluding hydrogens is 328 g/mol. The van der Waals surface area contributed by atoms with Gasteiger partial charge in [-0.25, -0.2) is 0 Å². The first-order valence-corrected chi connectivity index (χ1v) is 8.51. The van der Waals surface area contributed by atoms with Crippen LogP contribution < -0.4 is 5.32 Å². The highest BCUT2D eigenvalue weighted by atomic mass is 35.5. The Morgan fingerprint density at radius 3 is 2.08 bits per heavy atom. The number of anilines is 1. The van der Waals surface area contributed by atoms with Gasteiger partial charge in [0.1, 0.15) is 6.54 Å². The van der Waals surface area contributed by atoms with Gasteiger partial charge < -0.3 is 5.32 Å². The van der Waals surface area contributed by atoms with Crippen LogP contribution in [0.25, 0.3) is 0 Å². The molecule has 2 bridgehead atoms. The molecule has 1 aliphatic heterocycles. The SMILES string of the molecule is O=C(CN1C(=O)[C@H]2[C@H](C1=O)[C@H]1C=C[C@H]2CC1)Nc1ccc(Cl)cc1. The molecule has 1 N–H and O–H groups in total. The highest BCUT2D eigenvalue weighted by Crippen LogP contribution is 2.49. The van der Waals surface area contributed by atoms with E-state index in [-0.39, 0.29) is 47.9 Å². The molecule has 3 aliphatic carbocycles. The third kappa shape index (κ3) is 2.44. The lowest BCUT2D eigenvalue weighted by molar-refractivity contribution is -0.142. The number of hydrogen-bond acceptors (Lipinski definition) is 3. The molecule has 24 heavy (non-hydrogen) atoms. The average molecular weight is 345 g/mol. The van der Waals surface area contributed by atoms with Gasteiger partial charge in [-0.1, -0.05) is 23.8 Å². The van der Waals surface area contributed by atoms with Crippen molar-refractivity contribution in [2.45, 2.75) is 12.8 Å². The predicted octanol–water partition coefficient (Wildman–Crippen LogP) is 2.48. The molecule has 1 saturated heterocycles. The van der Waals surface area contributed by atoms with Crippen molar-refractivity contribution in [3.8, 4) is 0 Å². The maximum absolute atomic E-state index is 12.6. The first kappa shape index (κ1) is 15.4. The van der Waals surface area contributed by atoms with Gasteiger partial charge in [0.2, 0.25) is 17.7 Å². The maximum Gasteiger partial charge on any atom is 0.244 e. The Bertz CT molecular complexity index is 711. The molecule has 4 aliphatic rings. The van der Waals surface area contributed by atoms with Crippen molar-refractivity contribution in [1.29, 1.82) is 0 Å². The number of fused-ring (bicyclic) bond motifs is 1. The number of nitrogens with one attached hydrogen (secondary N) is 1. The quantitative estimate of drug-likeness (QED) is 0.676. The number of hydrogen-bond donors (Lipinski definition) is 1. The van der Waals surface area contributed by atoms with E-state index in [1.807, 2.05) is 0 Å². The topological polar surface area (TPSA) is 66.5 Å². The second-order valence-electron chi connectivity index (χ2n) is 6.66. The molecule has 3 amide bonds. The van der Waals surface area contributed by atoms with E-state index in [2.05, 4.69) is 17.5 Å². The van der Waals surface area contributed by atoms with E-state index in [4.69, 9.17) is 11.6 Å². The number of allylic oxidation sites excluding steroid dienone is 2. The first-order chi connectivity index (χ1) is 11.5. The normalized spacial score (nSPS) is 30.6. The van der Waals surface area contributed by atoms with Crippen LogP contribution in [0.2, 0.25) is 5.02 Å². The molecule has 0 unspecified atom stereocenters. The van der Waals surface area contributed by atoms with Crippen LogP contribution in [0, 0.1) is 23.7 Å². The molecule has 0 spiro atoms. The van der Waals surface area contributed by atoms with Gasteiger partial charge in [-0.3, -0.25) is 19.3 Å². The van der Waals surface area contributed by atoms with E-state index in [9.17, 15) is 14.4 Å². The van der Waals surface area contributed by atoms with Gasteiger partial charge in [0.25, 0.3) is 0 Å². The molecule has 5 rings (SSSR count).